The van der Waals surface area contributed by atoms with Gasteiger partial charge in [-0.25, -0.2) is 0 Å². The number of aromatic hydroxyl groups is 2. The first-order chi connectivity index (χ1) is 11.3. The summed E-state index contributed by atoms with van der Waals surface area (Å²) in [4.78, 5) is 0. The number of benzene rings is 2. The third-order valence-electron chi connectivity index (χ3n) is 4.36. The van der Waals surface area contributed by atoms with Crippen LogP contribution in [0, 0.1) is 0 Å². The Morgan fingerprint density at radius 1 is 0.522 bits per heavy atom. The number of aryl methyl sites for hydroxylation is 1. The van der Waals surface area contributed by atoms with Crippen LogP contribution in [0.1, 0.15) is 56.1 Å². The maximum absolute atomic E-state index is 9.73. The lowest BCUT2D eigenvalue weighted by atomic mass is 10.0. The normalized spacial score (nSPS) is 10.8. The van der Waals surface area contributed by atoms with Crippen molar-refractivity contribution in [2.75, 3.05) is 0 Å². The van der Waals surface area contributed by atoms with E-state index in [4.69, 9.17) is 0 Å². The molecule has 2 aromatic carbocycles. The van der Waals surface area contributed by atoms with Crippen LogP contribution in [0.2, 0.25) is 0 Å². The van der Waals surface area contributed by atoms with Gasteiger partial charge in [0.2, 0.25) is 0 Å². The van der Waals surface area contributed by atoms with Gasteiger partial charge in [0.1, 0.15) is 11.5 Å². The molecule has 0 spiro atoms. The minimum Gasteiger partial charge on any atom is -0.508 e. The third kappa shape index (κ3) is 6.35. The molecule has 0 saturated heterocycles. The summed E-state index contributed by atoms with van der Waals surface area (Å²) in [5, 5.41) is 19.5. The number of phenolic OH excluding ortho intramolecular Hbond substituents is 2. The summed E-state index contributed by atoms with van der Waals surface area (Å²) < 4.78 is 0. The Bertz CT molecular complexity index is 543. The molecular formula is C21H28O2. The number of unbranched alkanes of at least 4 members (excludes halogenated alkanes) is 6. The first-order valence-electron chi connectivity index (χ1n) is 8.81. The van der Waals surface area contributed by atoms with Gasteiger partial charge < -0.3 is 10.2 Å². The van der Waals surface area contributed by atoms with Gasteiger partial charge in [0.05, 0.1) is 0 Å². The number of hydrogen-bond acceptors (Lipinski definition) is 2. The predicted molar refractivity (Wildman–Crippen MR) is 95.9 cm³/mol. The van der Waals surface area contributed by atoms with Crippen molar-refractivity contribution in [3.63, 3.8) is 0 Å². The Labute approximate surface area is 139 Å². The second-order valence-electron chi connectivity index (χ2n) is 6.24. The topological polar surface area (TPSA) is 40.5 Å². The Morgan fingerprint density at radius 2 is 1.04 bits per heavy atom. The summed E-state index contributed by atoms with van der Waals surface area (Å²) in [7, 11) is 0. The first-order valence-corrected chi connectivity index (χ1v) is 8.81. The standard InChI is InChI=1S/C21H28O2/c22-20-16-11-17-21(23)19(20)15-10-5-3-1-2-4-7-12-18-13-8-6-9-14-18/h6,8-9,11,13-14,16-17,22-23H,1-5,7,10,12,15H2. The van der Waals surface area contributed by atoms with Gasteiger partial charge in [-0.3, -0.25) is 0 Å². The van der Waals surface area contributed by atoms with E-state index in [0.29, 0.717) is 5.56 Å². The molecule has 0 aromatic heterocycles. The second kappa shape index (κ2) is 9.94. The van der Waals surface area contributed by atoms with Crippen molar-refractivity contribution in [2.24, 2.45) is 0 Å². The fraction of sp³-hybridized carbons (Fsp3) is 0.429. The van der Waals surface area contributed by atoms with Gasteiger partial charge in [0, 0.05) is 5.56 Å². The minimum atomic E-state index is 0.214. The average molecular weight is 312 g/mol. The Hall–Kier alpha value is -1.96. The molecule has 0 aliphatic heterocycles. The van der Waals surface area contributed by atoms with Crippen LogP contribution < -0.4 is 0 Å². The van der Waals surface area contributed by atoms with E-state index in [1.807, 2.05) is 0 Å². The van der Waals surface area contributed by atoms with Gasteiger partial charge in [0.15, 0.2) is 0 Å². The molecule has 0 amide bonds. The number of phenols is 2. The van der Waals surface area contributed by atoms with Crippen LogP contribution in [0.3, 0.4) is 0 Å². The Kier molecular flexibility index (Phi) is 7.51. The van der Waals surface area contributed by atoms with Gasteiger partial charge in [-0.1, -0.05) is 68.5 Å². The Morgan fingerprint density at radius 3 is 1.65 bits per heavy atom. The van der Waals surface area contributed by atoms with Crippen molar-refractivity contribution in [3.8, 4) is 11.5 Å². The molecule has 0 fully saturated rings. The van der Waals surface area contributed by atoms with Gasteiger partial charge >= 0.3 is 0 Å². The molecule has 2 nitrogen and oxygen atoms in total. The summed E-state index contributed by atoms with van der Waals surface area (Å²) in [6.45, 7) is 0. The van der Waals surface area contributed by atoms with Crippen molar-refractivity contribution in [2.45, 2.75) is 57.8 Å². The zero-order valence-corrected chi connectivity index (χ0v) is 13.9. The SMILES string of the molecule is Oc1cccc(O)c1CCCCCCCCCc1ccccc1. The quantitative estimate of drug-likeness (QED) is 0.559. The second-order valence-corrected chi connectivity index (χ2v) is 6.24. The summed E-state index contributed by atoms with van der Waals surface area (Å²) in [6, 6.07) is 15.6. The van der Waals surface area contributed by atoms with Crippen LogP contribution in [0.25, 0.3) is 0 Å². The van der Waals surface area contributed by atoms with Crippen molar-refractivity contribution in [1.82, 2.24) is 0 Å². The molecule has 0 aliphatic rings. The molecule has 0 bridgehead atoms. The lowest BCUT2D eigenvalue weighted by molar-refractivity contribution is 0.435. The molecule has 0 heterocycles. The predicted octanol–water partition coefficient (Wildman–Crippen LogP) is 5.61. The van der Waals surface area contributed by atoms with E-state index in [9.17, 15) is 10.2 Å². The largest absolute Gasteiger partial charge is 0.508 e. The van der Waals surface area contributed by atoms with Gasteiger partial charge in [0.25, 0.3) is 0 Å². The fourth-order valence-electron chi connectivity index (χ4n) is 2.98. The highest BCUT2D eigenvalue weighted by atomic mass is 16.3. The van der Waals surface area contributed by atoms with E-state index in [1.54, 1.807) is 18.2 Å². The smallest absolute Gasteiger partial charge is 0.122 e. The molecule has 124 valence electrons. The summed E-state index contributed by atoms with van der Waals surface area (Å²) in [5.74, 6) is 0.428. The summed E-state index contributed by atoms with van der Waals surface area (Å²) in [6.07, 6.45) is 10.5. The maximum atomic E-state index is 9.73. The molecule has 2 rings (SSSR count). The Balaban J connectivity index is 1.48. The van der Waals surface area contributed by atoms with Crippen LogP contribution in [-0.4, -0.2) is 10.2 Å². The first kappa shape index (κ1) is 17.4. The molecule has 0 saturated carbocycles. The van der Waals surface area contributed by atoms with Crippen LogP contribution in [0.5, 0.6) is 11.5 Å². The van der Waals surface area contributed by atoms with Crippen LogP contribution in [-0.2, 0) is 12.8 Å². The van der Waals surface area contributed by atoms with E-state index in [-0.39, 0.29) is 11.5 Å². The lowest BCUT2D eigenvalue weighted by Gasteiger charge is -2.07. The maximum Gasteiger partial charge on any atom is 0.122 e. The minimum absolute atomic E-state index is 0.214. The van der Waals surface area contributed by atoms with Crippen LogP contribution in [0.4, 0.5) is 0 Å². The molecule has 0 radical (unpaired) electrons. The lowest BCUT2D eigenvalue weighted by Crippen LogP contribution is -1.89. The highest BCUT2D eigenvalue weighted by molar-refractivity contribution is 5.42. The highest BCUT2D eigenvalue weighted by Gasteiger charge is 2.05. The van der Waals surface area contributed by atoms with Gasteiger partial charge in [-0.05, 0) is 43.4 Å². The highest BCUT2D eigenvalue weighted by Crippen LogP contribution is 2.28. The number of hydrogen-bond donors (Lipinski definition) is 2. The molecule has 2 N–H and O–H groups in total. The van der Waals surface area contributed by atoms with Crippen molar-refractivity contribution < 1.29 is 10.2 Å². The zero-order valence-electron chi connectivity index (χ0n) is 13.9. The molecule has 0 aliphatic carbocycles. The van der Waals surface area contributed by atoms with E-state index < -0.39 is 0 Å². The van der Waals surface area contributed by atoms with Crippen molar-refractivity contribution in [3.05, 3.63) is 59.7 Å². The fourth-order valence-corrected chi connectivity index (χ4v) is 2.98. The molecule has 23 heavy (non-hydrogen) atoms. The van der Waals surface area contributed by atoms with E-state index in [2.05, 4.69) is 30.3 Å². The van der Waals surface area contributed by atoms with E-state index in [1.165, 1.54) is 44.1 Å². The molecule has 0 unspecified atom stereocenters. The van der Waals surface area contributed by atoms with E-state index >= 15 is 0 Å². The molecular weight excluding hydrogens is 284 g/mol. The van der Waals surface area contributed by atoms with Crippen LogP contribution in [0.15, 0.2) is 48.5 Å². The monoisotopic (exact) mass is 312 g/mol. The molecule has 2 heteroatoms. The van der Waals surface area contributed by atoms with E-state index in [0.717, 1.165) is 19.3 Å². The third-order valence-corrected chi connectivity index (χ3v) is 4.36. The van der Waals surface area contributed by atoms with Crippen molar-refractivity contribution in [1.29, 1.82) is 0 Å². The van der Waals surface area contributed by atoms with Crippen molar-refractivity contribution >= 4 is 0 Å². The zero-order chi connectivity index (χ0) is 16.3. The molecule has 0 atom stereocenters. The molecule has 2 aromatic rings. The van der Waals surface area contributed by atoms with Crippen LogP contribution >= 0.6 is 0 Å². The van der Waals surface area contributed by atoms with Gasteiger partial charge in [-0.15, -0.1) is 0 Å². The summed E-state index contributed by atoms with van der Waals surface area (Å²) >= 11 is 0. The summed E-state index contributed by atoms with van der Waals surface area (Å²) in [5.41, 5.74) is 2.13. The number of rotatable bonds is 10. The average Bonchev–Trinajstić information content (AvgIpc) is 2.56. The van der Waals surface area contributed by atoms with Gasteiger partial charge in [-0.2, -0.15) is 0 Å².